The van der Waals surface area contributed by atoms with Crippen molar-refractivity contribution >= 4 is 24.6 Å². The first kappa shape index (κ1) is 16.1. The predicted molar refractivity (Wildman–Crippen MR) is 86.4 cm³/mol. The van der Waals surface area contributed by atoms with Gasteiger partial charge in [0.05, 0.1) is 30.6 Å². The third-order valence-corrected chi connectivity index (χ3v) is 3.88. The SMILES string of the molecule is COC(=O)c1ccccc1C(S)c1ccccc1C(=O)OC. The van der Waals surface area contributed by atoms with Crippen molar-refractivity contribution in [2.24, 2.45) is 0 Å². The zero-order valence-electron chi connectivity index (χ0n) is 12.3. The summed E-state index contributed by atoms with van der Waals surface area (Å²) in [6, 6.07) is 14.1. The minimum absolute atomic E-state index is 0.421. The number of hydrogen-bond donors (Lipinski definition) is 1. The van der Waals surface area contributed by atoms with Crippen molar-refractivity contribution in [3.8, 4) is 0 Å². The number of benzene rings is 2. The van der Waals surface area contributed by atoms with Gasteiger partial charge in [0.2, 0.25) is 0 Å². The molecule has 0 spiro atoms. The van der Waals surface area contributed by atoms with E-state index in [1.54, 1.807) is 36.4 Å². The van der Waals surface area contributed by atoms with E-state index in [4.69, 9.17) is 9.47 Å². The molecule has 2 aromatic rings. The molecule has 0 atom stereocenters. The molecule has 0 amide bonds. The standard InChI is InChI=1S/C17H16O4S/c1-20-16(18)13-9-5-3-7-11(13)15(22)12-8-4-6-10-14(12)17(19)21-2/h3-10,15,22H,1-2H3. The molecule has 0 aliphatic carbocycles. The van der Waals surface area contributed by atoms with Crippen LogP contribution in [0, 0.1) is 0 Å². The van der Waals surface area contributed by atoms with Gasteiger partial charge in [-0.05, 0) is 23.3 Å². The normalized spacial score (nSPS) is 10.4. The second-order valence-corrected chi connectivity index (χ2v) is 5.08. The molecular formula is C17H16O4S. The van der Waals surface area contributed by atoms with Gasteiger partial charge in [0.1, 0.15) is 0 Å². The first-order valence-corrected chi connectivity index (χ1v) is 7.14. The fourth-order valence-corrected chi connectivity index (χ4v) is 2.68. The van der Waals surface area contributed by atoms with E-state index in [1.165, 1.54) is 14.2 Å². The maximum absolute atomic E-state index is 11.9. The van der Waals surface area contributed by atoms with E-state index in [-0.39, 0.29) is 0 Å². The number of esters is 2. The molecule has 0 aliphatic heterocycles. The monoisotopic (exact) mass is 316 g/mol. The number of thiol groups is 1. The van der Waals surface area contributed by atoms with Gasteiger partial charge in [-0.25, -0.2) is 9.59 Å². The number of hydrogen-bond acceptors (Lipinski definition) is 5. The summed E-state index contributed by atoms with van der Waals surface area (Å²) in [5, 5.41) is -0.453. The Kier molecular flexibility index (Phi) is 5.22. The predicted octanol–water partition coefficient (Wildman–Crippen LogP) is 3.28. The summed E-state index contributed by atoms with van der Waals surface area (Å²) < 4.78 is 9.59. The van der Waals surface area contributed by atoms with E-state index in [0.29, 0.717) is 22.3 Å². The van der Waals surface area contributed by atoms with Crippen molar-refractivity contribution in [3.63, 3.8) is 0 Å². The highest BCUT2D eigenvalue weighted by Gasteiger charge is 2.22. The molecule has 0 unspecified atom stereocenters. The molecule has 0 aliphatic rings. The number of rotatable bonds is 4. The zero-order valence-corrected chi connectivity index (χ0v) is 13.2. The van der Waals surface area contributed by atoms with Gasteiger partial charge in [-0.15, -0.1) is 0 Å². The molecule has 2 aromatic carbocycles. The second kappa shape index (κ2) is 7.13. The molecule has 0 N–H and O–H groups in total. The van der Waals surface area contributed by atoms with E-state index in [0.717, 1.165) is 0 Å². The molecule has 0 radical (unpaired) electrons. The van der Waals surface area contributed by atoms with E-state index in [2.05, 4.69) is 12.6 Å². The van der Waals surface area contributed by atoms with Gasteiger partial charge in [0.25, 0.3) is 0 Å². The summed E-state index contributed by atoms with van der Waals surface area (Å²) >= 11 is 4.60. The highest BCUT2D eigenvalue weighted by molar-refractivity contribution is 7.80. The van der Waals surface area contributed by atoms with Crippen molar-refractivity contribution in [1.82, 2.24) is 0 Å². The molecule has 114 valence electrons. The molecule has 0 fully saturated rings. The average Bonchev–Trinajstić information content (AvgIpc) is 2.59. The number of methoxy groups -OCH3 is 2. The summed E-state index contributed by atoms with van der Waals surface area (Å²) in [6.07, 6.45) is 0. The Morgan fingerprint density at radius 2 is 1.18 bits per heavy atom. The minimum atomic E-state index is -0.453. The van der Waals surface area contributed by atoms with Gasteiger partial charge in [0.15, 0.2) is 0 Å². The number of ether oxygens (including phenoxy) is 2. The molecule has 4 nitrogen and oxygen atoms in total. The van der Waals surface area contributed by atoms with E-state index in [9.17, 15) is 9.59 Å². The largest absolute Gasteiger partial charge is 0.465 e. The third kappa shape index (κ3) is 3.14. The van der Waals surface area contributed by atoms with Gasteiger partial charge in [0, 0.05) is 0 Å². The molecule has 0 bridgehead atoms. The van der Waals surface area contributed by atoms with Crippen molar-refractivity contribution in [2.45, 2.75) is 5.25 Å². The van der Waals surface area contributed by atoms with Gasteiger partial charge in [-0.3, -0.25) is 0 Å². The van der Waals surface area contributed by atoms with Gasteiger partial charge in [-0.1, -0.05) is 36.4 Å². The Hall–Kier alpha value is -2.27. The molecule has 0 saturated carbocycles. The van der Waals surface area contributed by atoms with Crippen LogP contribution in [0.25, 0.3) is 0 Å². The quantitative estimate of drug-likeness (QED) is 0.695. The Labute approximate surface area is 134 Å². The maximum Gasteiger partial charge on any atom is 0.338 e. The van der Waals surface area contributed by atoms with Crippen molar-refractivity contribution in [3.05, 3.63) is 70.8 Å². The number of carbonyl (C=O) groups excluding carboxylic acids is 2. The van der Waals surface area contributed by atoms with Crippen LogP contribution in [0.2, 0.25) is 0 Å². The van der Waals surface area contributed by atoms with Crippen molar-refractivity contribution in [2.75, 3.05) is 14.2 Å². The lowest BCUT2D eigenvalue weighted by atomic mass is 9.95. The van der Waals surface area contributed by atoms with Crippen LogP contribution < -0.4 is 0 Å². The Morgan fingerprint density at radius 1 is 0.818 bits per heavy atom. The third-order valence-electron chi connectivity index (χ3n) is 3.32. The summed E-state index contributed by atoms with van der Waals surface area (Å²) in [4.78, 5) is 23.8. The van der Waals surface area contributed by atoms with E-state index in [1.807, 2.05) is 12.1 Å². The fourth-order valence-electron chi connectivity index (χ4n) is 2.23. The van der Waals surface area contributed by atoms with E-state index >= 15 is 0 Å². The van der Waals surface area contributed by atoms with Crippen LogP contribution in [-0.4, -0.2) is 26.2 Å². The zero-order chi connectivity index (χ0) is 16.1. The lowest BCUT2D eigenvalue weighted by molar-refractivity contribution is 0.0592. The van der Waals surface area contributed by atoms with Crippen molar-refractivity contribution < 1.29 is 19.1 Å². The van der Waals surface area contributed by atoms with Crippen LogP contribution in [0.4, 0.5) is 0 Å². The minimum Gasteiger partial charge on any atom is -0.465 e. The van der Waals surface area contributed by atoms with Crippen LogP contribution in [0.3, 0.4) is 0 Å². The maximum atomic E-state index is 11.9. The first-order chi connectivity index (χ1) is 10.6. The smallest absolute Gasteiger partial charge is 0.338 e. The van der Waals surface area contributed by atoms with Crippen LogP contribution in [0.1, 0.15) is 37.1 Å². The highest BCUT2D eigenvalue weighted by Crippen LogP contribution is 2.33. The van der Waals surface area contributed by atoms with Gasteiger partial charge < -0.3 is 9.47 Å². The Balaban J connectivity index is 2.52. The fraction of sp³-hybridized carbons (Fsp3) is 0.176. The molecule has 0 heterocycles. The summed E-state index contributed by atoms with van der Waals surface area (Å²) in [5.41, 5.74) is 2.19. The van der Waals surface area contributed by atoms with Gasteiger partial charge >= 0.3 is 11.9 Å². The molecule has 22 heavy (non-hydrogen) atoms. The average molecular weight is 316 g/mol. The Bertz CT molecular complexity index is 637. The van der Waals surface area contributed by atoms with Crippen LogP contribution in [-0.2, 0) is 9.47 Å². The van der Waals surface area contributed by atoms with Crippen LogP contribution >= 0.6 is 12.6 Å². The highest BCUT2D eigenvalue weighted by atomic mass is 32.1. The molecule has 5 heteroatoms. The first-order valence-electron chi connectivity index (χ1n) is 6.62. The van der Waals surface area contributed by atoms with Crippen molar-refractivity contribution in [1.29, 1.82) is 0 Å². The second-order valence-electron chi connectivity index (χ2n) is 4.56. The Morgan fingerprint density at radius 3 is 1.55 bits per heavy atom. The molecule has 0 aromatic heterocycles. The summed E-state index contributed by atoms with van der Waals surface area (Å²) in [6.45, 7) is 0. The van der Waals surface area contributed by atoms with Gasteiger partial charge in [-0.2, -0.15) is 12.6 Å². The molecule has 2 rings (SSSR count). The lowest BCUT2D eigenvalue weighted by Crippen LogP contribution is -2.11. The summed E-state index contributed by atoms with van der Waals surface area (Å²) in [5.74, 6) is -0.879. The molecular weight excluding hydrogens is 300 g/mol. The van der Waals surface area contributed by atoms with Crippen LogP contribution in [0.15, 0.2) is 48.5 Å². The van der Waals surface area contributed by atoms with Crippen LogP contribution in [0.5, 0.6) is 0 Å². The lowest BCUT2D eigenvalue weighted by Gasteiger charge is -2.17. The summed E-state index contributed by atoms with van der Waals surface area (Å²) in [7, 11) is 2.66. The molecule has 0 saturated heterocycles. The topological polar surface area (TPSA) is 52.6 Å². The number of carbonyl (C=O) groups is 2. The van der Waals surface area contributed by atoms with E-state index < -0.39 is 17.2 Å².